The Bertz CT molecular complexity index is 1130. The SMILES string of the molecule is CCOC(=O)C1=C(CN2CCN(Cc3ccc(C#N)cc3)CC2)NC(=O)NC1c1ccc(Cl)cc1. The molecule has 0 aromatic heterocycles. The van der Waals surface area contributed by atoms with Crippen LogP contribution in [0.2, 0.25) is 5.02 Å². The molecule has 1 saturated heterocycles. The lowest BCUT2D eigenvalue weighted by Crippen LogP contribution is -2.51. The second-order valence-electron chi connectivity index (χ2n) is 8.56. The van der Waals surface area contributed by atoms with Crippen LogP contribution in [0.5, 0.6) is 0 Å². The number of esters is 1. The zero-order valence-corrected chi connectivity index (χ0v) is 20.3. The van der Waals surface area contributed by atoms with Gasteiger partial charge in [-0.15, -0.1) is 0 Å². The smallest absolute Gasteiger partial charge is 0.338 e. The molecule has 2 aromatic rings. The summed E-state index contributed by atoms with van der Waals surface area (Å²) < 4.78 is 5.35. The van der Waals surface area contributed by atoms with E-state index in [0.29, 0.717) is 28.4 Å². The zero-order valence-electron chi connectivity index (χ0n) is 19.6. The van der Waals surface area contributed by atoms with E-state index < -0.39 is 12.0 Å². The fraction of sp³-hybridized carbons (Fsp3) is 0.346. The van der Waals surface area contributed by atoms with E-state index in [1.807, 2.05) is 24.3 Å². The fourth-order valence-corrected chi connectivity index (χ4v) is 4.50. The summed E-state index contributed by atoms with van der Waals surface area (Å²) in [6, 6.07) is 15.9. The molecule has 0 spiro atoms. The number of piperazine rings is 1. The number of halogens is 1. The molecule has 4 rings (SSSR count). The molecule has 1 fully saturated rings. The van der Waals surface area contributed by atoms with E-state index in [1.54, 1.807) is 31.2 Å². The van der Waals surface area contributed by atoms with Crippen LogP contribution in [0.4, 0.5) is 4.79 Å². The molecule has 2 aliphatic rings. The molecule has 2 heterocycles. The van der Waals surface area contributed by atoms with Crippen molar-refractivity contribution >= 4 is 23.6 Å². The highest BCUT2D eigenvalue weighted by molar-refractivity contribution is 6.30. The lowest BCUT2D eigenvalue weighted by atomic mass is 9.95. The van der Waals surface area contributed by atoms with Crippen LogP contribution in [0.25, 0.3) is 0 Å². The second kappa shape index (κ2) is 11.4. The van der Waals surface area contributed by atoms with Crippen molar-refractivity contribution < 1.29 is 14.3 Å². The van der Waals surface area contributed by atoms with Crippen LogP contribution in [-0.2, 0) is 16.1 Å². The van der Waals surface area contributed by atoms with Crippen molar-refractivity contribution in [2.75, 3.05) is 39.3 Å². The van der Waals surface area contributed by atoms with Gasteiger partial charge in [-0.05, 0) is 42.3 Å². The second-order valence-corrected chi connectivity index (χ2v) is 8.99. The van der Waals surface area contributed by atoms with Crippen molar-refractivity contribution in [2.45, 2.75) is 19.5 Å². The number of nitriles is 1. The summed E-state index contributed by atoms with van der Waals surface area (Å²) >= 11 is 6.04. The number of nitrogens with zero attached hydrogens (tertiary/aromatic N) is 3. The number of urea groups is 1. The summed E-state index contributed by atoms with van der Waals surface area (Å²) in [5.74, 6) is -0.450. The number of hydrogen-bond donors (Lipinski definition) is 2. The number of nitrogens with one attached hydrogen (secondary N) is 2. The van der Waals surface area contributed by atoms with Gasteiger partial charge in [-0.1, -0.05) is 35.9 Å². The molecule has 9 heteroatoms. The minimum Gasteiger partial charge on any atom is -0.463 e. The maximum atomic E-state index is 13.0. The zero-order chi connectivity index (χ0) is 24.8. The van der Waals surface area contributed by atoms with Crippen molar-refractivity contribution in [3.05, 3.63) is 81.5 Å². The number of amides is 2. The summed E-state index contributed by atoms with van der Waals surface area (Å²) in [6.45, 7) is 6.56. The van der Waals surface area contributed by atoms with Gasteiger partial charge in [0.25, 0.3) is 0 Å². The Morgan fingerprint density at radius 3 is 2.29 bits per heavy atom. The Labute approximate surface area is 210 Å². The minimum atomic E-state index is -0.618. The van der Waals surface area contributed by atoms with Crippen molar-refractivity contribution in [3.63, 3.8) is 0 Å². The summed E-state index contributed by atoms with van der Waals surface area (Å²) in [4.78, 5) is 30.1. The van der Waals surface area contributed by atoms with Crippen LogP contribution in [-0.4, -0.2) is 61.1 Å². The minimum absolute atomic E-state index is 0.241. The first-order valence-corrected chi connectivity index (χ1v) is 12.0. The third kappa shape index (κ3) is 6.20. The predicted molar refractivity (Wildman–Crippen MR) is 132 cm³/mol. The van der Waals surface area contributed by atoms with E-state index in [-0.39, 0.29) is 12.6 Å². The van der Waals surface area contributed by atoms with Gasteiger partial charge < -0.3 is 15.4 Å². The van der Waals surface area contributed by atoms with Crippen LogP contribution >= 0.6 is 11.6 Å². The average Bonchev–Trinajstić information content (AvgIpc) is 2.86. The van der Waals surface area contributed by atoms with Gasteiger partial charge in [0.05, 0.1) is 29.9 Å². The summed E-state index contributed by atoms with van der Waals surface area (Å²) in [6.07, 6.45) is 0. The topological polar surface area (TPSA) is 97.7 Å². The van der Waals surface area contributed by atoms with Crippen LogP contribution in [0, 0.1) is 11.3 Å². The maximum Gasteiger partial charge on any atom is 0.338 e. The van der Waals surface area contributed by atoms with Crippen molar-refractivity contribution in [1.82, 2.24) is 20.4 Å². The third-order valence-corrected chi connectivity index (χ3v) is 6.44. The molecule has 1 atom stereocenters. The van der Waals surface area contributed by atoms with Gasteiger partial charge in [0.1, 0.15) is 0 Å². The van der Waals surface area contributed by atoms with Gasteiger partial charge in [0, 0.05) is 50.0 Å². The average molecular weight is 494 g/mol. The van der Waals surface area contributed by atoms with Gasteiger partial charge in [0.15, 0.2) is 0 Å². The Kier molecular flexibility index (Phi) is 8.03. The third-order valence-electron chi connectivity index (χ3n) is 6.19. The van der Waals surface area contributed by atoms with Crippen molar-refractivity contribution in [1.29, 1.82) is 5.26 Å². The molecular weight excluding hydrogens is 466 g/mol. The summed E-state index contributed by atoms with van der Waals surface area (Å²) in [7, 11) is 0. The van der Waals surface area contributed by atoms with Gasteiger partial charge in [-0.3, -0.25) is 9.80 Å². The van der Waals surface area contributed by atoms with E-state index in [0.717, 1.165) is 38.3 Å². The van der Waals surface area contributed by atoms with E-state index in [4.69, 9.17) is 21.6 Å². The molecule has 35 heavy (non-hydrogen) atoms. The summed E-state index contributed by atoms with van der Waals surface area (Å²) in [5, 5.41) is 15.2. The molecule has 2 N–H and O–H groups in total. The van der Waals surface area contributed by atoms with Gasteiger partial charge in [-0.25, -0.2) is 9.59 Å². The van der Waals surface area contributed by atoms with E-state index in [2.05, 4.69) is 26.5 Å². The van der Waals surface area contributed by atoms with Crippen LogP contribution in [0.15, 0.2) is 59.8 Å². The molecule has 0 aliphatic carbocycles. The van der Waals surface area contributed by atoms with Crippen molar-refractivity contribution in [2.24, 2.45) is 0 Å². The van der Waals surface area contributed by atoms with Gasteiger partial charge in [0.2, 0.25) is 0 Å². The van der Waals surface area contributed by atoms with E-state index >= 15 is 0 Å². The standard InChI is InChI=1S/C26H28ClN5O3/c1-2-35-25(33)23-22(29-26(34)30-24(23)20-7-9-21(27)10-8-20)17-32-13-11-31(12-14-32)16-19-5-3-18(15-28)4-6-19/h3-10,24H,2,11-14,16-17H2,1H3,(H2,29,30,34). The van der Waals surface area contributed by atoms with Crippen LogP contribution < -0.4 is 10.6 Å². The lowest BCUT2D eigenvalue weighted by Gasteiger charge is -2.37. The number of carbonyl (C=O) groups is 2. The predicted octanol–water partition coefficient (Wildman–Crippen LogP) is 3.20. The first-order chi connectivity index (χ1) is 17.0. The number of hydrogen-bond acceptors (Lipinski definition) is 6. The van der Waals surface area contributed by atoms with Gasteiger partial charge >= 0.3 is 12.0 Å². The van der Waals surface area contributed by atoms with Crippen LogP contribution in [0.1, 0.15) is 29.7 Å². The highest BCUT2D eigenvalue weighted by atomic mass is 35.5. The summed E-state index contributed by atoms with van der Waals surface area (Å²) in [5.41, 5.74) is 3.56. The number of carbonyl (C=O) groups excluding carboxylic acids is 2. The van der Waals surface area contributed by atoms with E-state index in [1.165, 1.54) is 5.56 Å². The van der Waals surface area contributed by atoms with Crippen molar-refractivity contribution in [3.8, 4) is 6.07 Å². The van der Waals surface area contributed by atoms with Gasteiger partial charge in [-0.2, -0.15) is 5.26 Å². The molecule has 0 radical (unpaired) electrons. The first-order valence-electron chi connectivity index (χ1n) is 11.6. The monoisotopic (exact) mass is 493 g/mol. The molecule has 1 unspecified atom stereocenters. The molecule has 182 valence electrons. The quantitative estimate of drug-likeness (QED) is 0.575. The highest BCUT2D eigenvalue weighted by Crippen LogP contribution is 2.29. The lowest BCUT2D eigenvalue weighted by molar-refractivity contribution is -0.139. The largest absolute Gasteiger partial charge is 0.463 e. The number of rotatable bonds is 7. The van der Waals surface area contributed by atoms with E-state index in [9.17, 15) is 9.59 Å². The molecule has 0 saturated carbocycles. The Morgan fingerprint density at radius 2 is 1.69 bits per heavy atom. The molecule has 0 bridgehead atoms. The molecule has 2 amide bonds. The molecular formula is C26H28ClN5O3. The molecule has 8 nitrogen and oxygen atoms in total. The highest BCUT2D eigenvalue weighted by Gasteiger charge is 2.34. The van der Waals surface area contributed by atoms with Crippen LogP contribution in [0.3, 0.4) is 0 Å². The Hall–Kier alpha value is -3.38. The number of benzene rings is 2. The Balaban J connectivity index is 1.47. The Morgan fingerprint density at radius 1 is 1.06 bits per heavy atom. The first kappa shape index (κ1) is 24.7. The normalized spacial score (nSPS) is 19.0. The molecule has 2 aromatic carbocycles. The molecule has 2 aliphatic heterocycles. The number of ether oxygens (including phenoxy) is 1. The maximum absolute atomic E-state index is 13.0. The fourth-order valence-electron chi connectivity index (χ4n) is 4.37.